The average Bonchev–Trinajstić information content (AvgIpc) is 3.36. The van der Waals surface area contributed by atoms with Gasteiger partial charge >= 0.3 is 19.2 Å². The van der Waals surface area contributed by atoms with Gasteiger partial charge in [-0.1, -0.05) is 26.0 Å². The number of hydrogen-bond acceptors (Lipinski definition) is 8. The van der Waals surface area contributed by atoms with E-state index in [0.717, 1.165) is 44.1 Å². The third-order valence-corrected chi connectivity index (χ3v) is 11.4. The van der Waals surface area contributed by atoms with Crippen molar-refractivity contribution >= 4 is 25.1 Å². The molecule has 5 fully saturated rings. The zero-order valence-electron chi connectivity index (χ0n) is 31.4. The Balaban J connectivity index is 1.27. The Morgan fingerprint density at radius 1 is 0.959 bits per heavy atom. The molecule has 1 aromatic carbocycles. The van der Waals surface area contributed by atoms with E-state index >= 15 is 0 Å². The fourth-order valence-corrected chi connectivity index (χ4v) is 8.71. The number of benzene rings is 1. The Morgan fingerprint density at radius 3 is 2.22 bits per heavy atom. The molecule has 272 valence electrons. The minimum absolute atomic E-state index is 0.0340. The molecule has 4 unspecified atom stereocenters. The quantitative estimate of drug-likeness (QED) is 0.208. The summed E-state index contributed by atoms with van der Waals surface area (Å²) in [5.74, 6) is 1.04. The predicted octanol–water partition coefficient (Wildman–Crippen LogP) is 6.67. The summed E-state index contributed by atoms with van der Waals surface area (Å²) in [6.07, 6.45) is 6.14. The molecule has 2 amide bonds. The van der Waals surface area contributed by atoms with Gasteiger partial charge in [-0.05, 0) is 134 Å². The monoisotopic (exact) mass is 682 g/mol. The van der Waals surface area contributed by atoms with E-state index in [1.165, 1.54) is 0 Å². The molecule has 49 heavy (non-hydrogen) atoms. The second-order valence-electron chi connectivity index (χ2n) is 17.7. The van der Waals surface area contributed by atoms with E-state index in [1.807, 2.05) is 53.7 Å². The van der Waals surface area contributed by atoms with Gasteiger partial charge in [0.2, 0.25) is 5.91 Å². The first kappa shape index (κ1) is 37.5. The van der Waals surface area contributed by atoms with E-state index < -0.39 is 35.8 Å². The minimum atomic E-state index is -0.659. The molecule has 4 saturated carbocycles. The largest absolute Gasteiger partial charge is 0.496 e. The molecule has 0 aromatic heterocycles. The molecule has 4 aliphatic carbocycles. The Bertz CT molecular complexity index is 1380. The SMILES string of the molecule is COc1c(C[C@H](NC(=O)CC2CCC(CNC(=O)OC(C)(C)C)CC2)B2OC3CC4CC(C4(C)C)C3(C)O2)cccc1C(=O)OC(C)(C)C. The molecule has 5 atom stereocenters. The van der Waals surface area contributed by atoms with Crippen molar-refractivity contribution in [2.45, 2.75) is 143 Å². The second kappa shape index (κ2) is 14.1. The van der Waals surface area contributed by atoms with Crippen molar-refractivity contribution in [1.29, 1.82) is 0 Å². The van der Waals surface area contributed by atoms with Crippen molar-refractivity contribution in [3.63, 3.8) is 0 Å². The Labute approximate surface area is 293 Å². The second-order valence-corrected chi connectivity index (χ2v) is 17.7. The molecule has 2 N–H and O–H groups in total. The smallest absolute Gasteiger partial charge is 0.482 e. The first-order valence-electron chi connectivity index (χ1n) is 18.3. The molecule has 1 saturated heterocycles. The minimum Gasteiger partial charge on any atom is -0.496 e. The van der Waals surface area contributed by atoms with Gasteiger partial charge in [0.05, 0.1) is 24.8 Å². The van der Waals surface area contributed by atoms with Crippen LogP contribution in [0.4, 0.5) is 4.79 Å². The van der Waals surface area contributed by atoms with E-state index in [0.29, 0.717) is 48.5 Å². The summed E-state index contributed by atoms with van der Waals surface area (Å²) in [7, 11) is 0.909. The molecule has 5 aliphatic rings. The van der Waals surface area contributed by atoms with Crippen molar-refractivity contribution in [2.24, 2.45) is 29.1 Å². The lowest BCUT2D eigenvalue weighted by Gasteiger charge is -2.64. The molecule has 11 heteroatoms. The summed E-state index contributed by atoms with van der Waals surface area (Å²) in [5.41, 5.74) is -0.316. The number of esters is 1. The average molecular weight is 683 g/mol. The molecule has 10 nitrogen and oxygen atoms in total. The van der Waals surface area contributed by atoms with Crippen molar-refractivity contribution in [3.05, 3.63) is 29.3 Å². The normalized spacial score (nSPS) is 29.6. The number of amides is 2. The highest BCUT2D eigenvalue weighted by Gasteiger charge is 2.68. The fourth-order valence-electron chi connectivity index (χ4n) is 8.71. The fraction of sp³-hybridized carbons (Fsp3) is 0.763. The molecule has 0 spiro atoms. The van der Waals surface area contributed by atoms with Crippen LogP contribution >= 0.6 is 0 Å². The predicted molar refractivity (Wildman–Crippen MR) is 188 cm³/mol. The molecular formula is C38H59BN2O8. The van der Waals surface area contributed by atoms with Gasteiger partial charge in [0.25, 0.3) is 0 Å². The van der Waals surface area contributed by atoms with Crippen molar-refractivity contribution in [3.8, 4) is 5.75 Å². The van der Waals surface area contributed by atoms with E-state index in [1.54, 1.807) is 13.2 Å². The summed E-state index contributed by atoms with van der Waals surface area (Å²) in [4.78, 5) is 39.0. The Kier molecular flexibility index (Phi) is 10.8. The summed E-state index contributed by atoms with van der Waals surface area (Å²) in [6.45, 7) is 18.5. The van der Waals surface area contributed by atoms with Crippen molar-refractivity contribution < 1.29 is 37.9 Å². The molecule has 0 radical (unpaired) electrons. The number of para-hydroxylation sites is 1. The zero-order chi connectivity index (χ0) is 35.9. The molecule has 6 rings (SSSR count). The number of ether oxygens (including phenoxy) is 3. The standard InChI is InChI=1S/C38H59BN2O8/c1-35(2,3)46-33(43)27-13-11-12-25(32(27)45-10)19-30(39-48-29-21-26-20-28(37(26,7)8)38(29,9)49-39)41-31(42)18-23-14-16-24(17-15-23)22-40-34(44)47-36(4,5)6/h11-13,23-24,26,28-30H,14-22H2,1-10H3,(H,40,44)(H,41,42)/t23?,24?,26?,28?,29?,30-,38?/m0/s1. The Morgan fingerprint density at radius 2 is 1.61 bits per heavy atom. The van der Waals surface area contributed by atoms with Gasteiger partial charge < -0.3 is 34.2 Å². The topological polar surface area (TPSA) is 121 Å². The van der Waals surface area contributed by atoms with Crippen LogP contribution in [0.15, 0.2) is 18.2 Å². The number of carbonyl (C=O) groups excluding carboxylic acids is 3. The van der Waals surface area contributed by atoms with Crippen LogP contribution in [0.5, 0.6) is 5.75 Å². The maximum absolute atomic E-state index is 13.8. The van der Waals surface area contributed by atoms with Gasteiger partial charge in [-0.2, -0.15) is 0 Å². The van der Waals surface area contributed by atoms with Crippen molar-refractivity contribution in [1.82, 2.24) is 10.6 Å². The van der Waals surface area contributed by atoms with E-state index in [9.17, 15) is 14.4 Å². The number of methoxy groups -OCH3 is 1. The van der Waals surface area contributed by atoms with E-state index in [4.69, 9.17) is 23.5 Å². The van der Waals surface area contributed by atoms with Gasteiger partial charge in [0.15, 0.2) is 0 Å². The third kappa shape index (κ3) is 8.58. The lowest BCUT2D eigenvalue weighted by Crippen LogP contribution is -2.65. The van der Waals surface area contributed by atoms with Crippen LogP contribution < -0.4 is 15.4 Å². The van der Waals surface area contributed by atoms with Gasteiger partial charge in [-0.3, -0.25) is 4.79 Å². The summed E-state index contributed by atoms with van der Waals surface area (Å²) < 4.78 is 30.4. The highest BCUT2D eigenvalue weighted by atomic mass is 16.7. The summed E-state index contributed by atoms with van der Waals surface area (Å²) >= 11 is 0. The van der Waals surface area contributed by atoms with Crippen LogP contribution in [0.2, 0.25) is 0 Å². The van der Waals surface area contributed by atoms with E-state index in [-0.39, 0.29) is 29.4 Å². The van der Waals surface area contributed by atoms with E-state index in [2.05, 4.69) is 31.4 Å². The molecular weight excluding hydrogens is 623 g/mol. The molecule has 2 bridgehead atoms. The van der Waals surface area contributed by atoms with Gasteiger partial charge in [-0.15, -0.1) is 0 Å². The lowest BCUT2D eigenvalue weighted by molar-refractivity contribution is -0.199. The van der Waals surface area contributed by atoms with Crippen LogP contribution in [0.3, 0.4) is 0 Å². The van der Waals surface area contributed by atoms with Crippen LogP contribution in [0, 0.1) is 29.1 Å². The molecule has 1 aromatic rings. The number of alkyl carbamates (subject to hydrolysis) is 1. The first-order chi connectivity index (χ1) is 22.8. The van der Waals surface area contributed by atoms with Crippen LogP contribution in [0.1, 0.15) is 123 Å². The number of rotatable bonds is 10. The Hall–Kier alpha value is -2.79. The number of nitrogens with one attached hydrogen (secondary N) is 2. The van der Waals surface area contributed by atoms with Crippen LogP contribution in [0.25, 0.3) is 0 Å². The maximum Gasteiger partial charge on any atom is 0.482 e. The third-order valence-electron chi connectivity index (χ3n) is 11.4. The van der Waals surface area contributed by atoms with Gasteiger partial charge in [0, 0.05) is 13.0 Å². The zero-order valence-corrected chi connectivity index (χ0v) is 31.4. The highest BCUT2D eigenvalue weighted by Crippen LogP contribution is 2.65. The highest BCUT2D eigenvalue weighted by molar-refractivity contribution is 6.48. The summed E-state index contributed by atoms with van der Waals surface area (Å²) in [6, 6.07) is 5.44. The van der Waals surface area contributed by atoms with Gasteiger partial charge in [0.1, 0.15) is 22.5 Å². The van der Waals surface area contributed by atoms with Crippen LogP contribution in [-0.2, 0) is 30.0 Å². The van der Waals surface area contributed by atoms with Gasteiger partial charge in [-0.25, -0.2) is 9.59 Å². The summed E-state index contributed by atoms with van der Waals surface area (Å²) in [5, 5.41) is 6.21. The lowest BCUT2D eigenvalue weighted by atomic mass is 9.43. The molecule has 1 heterocycles. The van der Waals surface area contributed by atoms with Crippen LogP contribution in [-0.4, -0.2) is 67.6 Å². The number of carbonyl (C=O) groups is 3. The number of hydrogen-bond donors (Lipinski definition) is 2. The maximum atomic E-state index is 13.8. The first-order valence-corrected chi connectivity index (χ1v) is 18.3. The van der Waals surface area contributed by atoms with Crippen molar-refractivity contribution in [2.75, 3.05) is 13.7 Å². The molecule has 1 aliphatic heterocycles.